The molecule has 0 amide bonds. The van der Waals surface area contributed by atoms with Crippen molar-refractivity contribution >= 4 is 11.6 Å². The number of benzene rings is 2. The van der Waals surface area contributed by atoms with Crippen molar-refractivity contribution in [2.45, 2.75) is 69.0 Å². The van der Waals surface area contributed by atoms with Gasteiger partial charge in [0.15, 0.2) is 0 Å². The number of aliphatic hydroxyl groups is 3. The fourth-order valence-electron chi connectivity index (χ4n) is 4.38. The molecule has 1 aliphatic heterocycles. The standard InChI is InChI=1S/C24H29ClO5/c25-23-8-3-16(24-13-19(28)12-22(14-26)30-24)10-17(23)9-15-1-5-20(6-2-15)29-21-7-4-18(27)11-21/h1-3,5-6,8,10,18-19,21-22,24,26-28H,4,7,9,11-14H2. The monoisotopic (exact) mass is 432 g/mol. The molecule has 2 aliphatic rings. The Morgan fingerprint density at radius 3 is 2.47 bits per heavy atom. The highest BCUT2D eigenvalue weighted by Crippen LogP contribution is 2.34. The Labute approximate surface area is 182 Å². The molecular formula is C24H29ClO5. The van der Waals surface area contributed by atoms with Crippen LogP contribution in [0.15, 0.2) is 42.5 Å². The highest BCUT2D eigenvalue weighted by molar-refractivity contribution is 6.31. The Bertz CT molecular complexity index is 840. The molecule has 5 nitrogen and oxygen atoms in total. The van der Waals surface area contributed by atoms with Crippen molar-refractivity contribution in [1.82, 2.24) is 0 Å². The summed E-state index contributed by atoms with van der Waals surface area (Å²) in [4.78, 5) is 0. The van der Waals surface area contributed by atoms with Gasteiger partial charge in [0.25, 0.3) is 0 Å². The smallest absolute Gasteiger partial charge is 0.119 e. The van der Waals surface area contributed by atoms with Crippen LogP contribution in [-0.2, 0) is 11.2 Å². The Balaban J connectivity index is 1.43. The van der Waals surface area contributed by atoms with Gasteiger partial charge in [0.1, 0.15) is 11.9 Å². The van der Waals surface area contributed by atoms with Gasteiger partial charge in [-0.3, -0.25) is 0 Å². The van der Waals surface area contributed by atoms with Gasteiger partial charge in [-0.2, -0.15) is 0 Å². The maximum absolute atomic E-state index is 10.1. The van der Waals surface area contributed by atoms with E-state index in [1.807, 2.05) is 42.5 Å². The van der Waals surface area contributed by atoms with Crippen molar-refractivity contribution in [3.63, 3.8) is 0 Å². The van der Waals surface area contributed by atoms with Crippen LogP contribution in [0.2, 0.25) is 5.02 Å². The summed E-state index contributed by atoms with van der Waals surface area (Å²) in [6.07, 6.45) is 2.81. The van der Waals surface area contributed by atoms with Crippen LogP contribution in [0.4, 0.5) is 0 Å². The minimum Gasteiger partial charge on any atom is -0.490 e. The summed E-state index contributed by atoms with van der Waals surface area (Å²) < 4.78 is 11.9. The minimum absolute atomic E-state index is 0.0885. The van der Waals surface area contributed by atoms with Crippen molar-refractivity contribution in [2.75, 3.05) is 6.61 Å². The molecule has 6 heteroatoms. The first kappa shape index (κ1) is 21.6. The van der Waals surface area contributed by atoms with Gasteiger partial charge >= 0.3 is 0 Å². The van der Waals surface area contributed by atoms with Crippen molar-refractivity contribution < 1.29 is 24.8 Å². The number of hydrogen-bond acceptors (Lipinski definition) is 5. The zero-order valence-corrected chi connectivity index (χ0v) is 17.7. The summed E-state index contributed by atoms with van der Waals surface area (Å²) in [5, 5.41) is 29.8. The third kappa shape index (κ3) is 5.34. The van der Waals surface area contributed by atoms with E-state index in [2.05, 4.69) is 0 Å². The van der Waals surface area contributed by atoms with Crippen LogP contribution in [0.25, 0.3) is 0 Å². The first-order valence-corrected chi connectivity index (χ1v) is 11.0. The second-order valence-corrected chi connectivity index (χ2v) is 8.84. The lowest BCUT2D eigenvalue weighted by Gasteiger charge is -2.32. The largest absolute Gasteiger partial charge is 0.490 e. The molecule has 5 atom stereocenters. The van der Waals surface area contributed by atoms with Crippen LogP contribution in [0.5, 0.6) is 5.75 Å². The Hall–Kier alpha value is -1.63. The Kier molecular flexibility index (Phi) is 6.96. The molecule has 5 unspecified atom stereocenters. The molecular weight excluding hydrogens is 404 g/mol. The van der Waals surface area contributed by atoms with Gasteiger partial charge in [-0.1, -0.05) is 35.9 Å². The second kappa shape index (κ2) is 9.67. The summed E-state index contributed by atoms with van der Waals surface area (Å²) in [6.45, 7) is -0.0950. The molecule has 0 bridgehead atoms. The molecule has 1 aliphatic carbocycles. The predicted molar refractivity (Wildman–Crippen MR) is 115 cm³/mol. The van der Waals surface area contributed by atoms with Crippen LogP contribution in [0.1, 0.15) is 54.9 Å². The molecule has 162 valence electrons. The lowest BCUT2D eigenvalue weighted by molar-refractivity contribution is -0.113. The molecule has 0 spiro atoms. The van der Waals surface area contributed by atoms with E-state index in [-0.39, 0.29) is 31.0 Å². The van der Waals surface area contributed by atoms with Crippen LogP contribution < -0.4 is 4.74 Å². The molecule has 1 heterocycles. The highest BCUT2D eigenvalue weighted by atomic mass is 35.5. The average molecular weight is 433 g/mol. The summed E-state index contributed by atoms with van der Waals surface area (Å²) in [6, 6.07) is 13.8. The lowest BCUT2D eigenvalue weighted by atomic mass is 9.94. The SMILES string of the molecule is OCC1CC(O)CC(c2ccc(Cl)c(Cc3ccc(OC4CCC(O)C4)cc3)c2)O1. The molecule has 1 saturated carbocycles. The molecule has 30 heavy (non-hydrogen) atoms. The predicted octanol–water partition coefficient (Wildman–Crippen LogP) is 3.80. The zero-order chi connectivity index (χ0) is 21.1. The molecule has 2 fully saturated rings. The third-order valence-electron chi connectivity index (χ3n) is 6.00. The van der Waals surface area contributed by atoms with Gasteiger partial charge in [-0.15, -0.1) is 0 Å². The van der Waals surface area contributed by atoms with E-state index >= 15 is 0 Å². The van der Waals surface area contributed by atoms with Gasteiger partial charge in [0, 0.05) is 24.3 Å². The summed E-state index contributed by atoms with van der Waals surface area (Å²) in [5.74, 6) is 0.817. The van der Waals surface area contributed by atoms with E-state index in [0.29, 0.717) is 30.7 Å². The van der Waals surface area contributed by atoms with Crippen molar-refractivity contribution in [3.8, 4) is 5.75 Å². The van der Waals surface area contributed by atoms with Crippen LogP contribution in [0.3, 0.4) is 0 Å². The third-order valence-corrected chi connectivity index (χ3v) is 6.37. The number of halogens is 1. The molecule has 2 aromatic rings. The molecule has 0 radical (unpaired) electrons. The first-order valence-electron chi connectivity index (χ1n) is 10.7. The molecule has 1 saturated heterocycles. The minimum atomic E-state index is -0.478. The van der Waals surface area contributed by atoms with E-state index in [1.54, 1.807) is 0 Å². The van der Waals surface area contributed by atoms with Gasteiger partial charge in [-0.05, 0) is 54.2 Å². The lowest BCUT2D eigenvalue weighted by Crippen LogP contribution is -2.33. The van der Waals surface area contributed by atoms with E-state index in [9.17, 15) is 15.3 Å². The number of rotatable bonds is 6. The maximum Gasteiger partial charge on any atom is 0.119 e. The summed E-state index contributed by atoms with van der Waals surface area (Å²) >= 11 is 6.45. The topological polar surface area (TPSA) is 79.2 Å². The van der Waals surface area contributed by atoms with E-state index in [0.717, 1.165) is 35.3 Å². The van der Waals surface area contributed by atoms with Gasteiger partial charge in [0.2, 0.25) is 0 Å². The van der Waals surface area contributed by atoms with E-state index < -0.39 is 6.10 Å². The zero-order valence-electron chi connectivity index (χ0n) is 16.9. The van der Waals surface area contributed by atoms with E-state index in [4.69, 9.17) is 21.1 Å². The highest BCUT2D eigenvalue weighted by Gasteiger charge is 2.29. The second-order valence-electron chi connectivity index (χ2n) is 8.43. The fraction of sp³-hybridized carbons (Fsp3) is 0.500. The number of hydrogen-bond donors (Lipinski definition) is 3. The van der Waals surface area contributed by atoms with Crippen molar-refractivity contribution in [3.05, 3.63) is 64.2 Å². The molecule has 3 N–H and O–H groups in total. The van der Waals surface area contributed by atoms with E-state index in [1.165, 1.54) is 0 Å². The average Bonchev–Trinajstić information content (AvgIpc) is 3.15. The van der Waals surface area contributed by atoms with Crippen molar-refractivity contribution in [1.29, 1.82) is 0 Å². The molecule has 4 rings (SSSR count). The molecule has 0 aromatic heterocycles. The first-order chi connectivity index (χ1) is 14.5. The quantitative estimate of drug-likeness (QED) is 0.647. The maximum atomic E-state index is 10.1. The normalized spacial score (nSPS) is 29.1. The van der Waals surface area contributed by atoms with Crippen LogP contribution in [0, 0.1) is 0 Å². The summed E-state index contributed by atoms with van der Waals surface area (Å²) in [7, 11) is 0. The molecule has 2 aromatic carbocycles. The number of aliphatic hydroxyl groups excluding tert-OH is 3. The van der Waals surface area contributed by atoms with Crippen molar-refractivity contribution in [2.24, 2.45) is 0 Å². The van der Waals surface area contributed by atoms with Crippen LogP contribution >= 0.6 is 11.6 Å². The number of ether oxygens (including phenoxy) is 2. The van der Waals surface area contributed by atoms with Crippen LogP contribution in [-0.4, -0.2) is 46.3 Å². The Morgan fingerprint density at radius 2 is 1.77 bits per heavy atom. The van der Waals surface area contributed by atoms with Gasteiger partial charge in [-0.25, -0.2) is 0 Å². The van der Waals surface area contributed by atoms with Gasteiger partial charge < -0.3 is 24.8 Å². The summed E-state index contributed by atoms with van der Waals surface area (Å²) in [5.41, 5.74) is 3.07. The fourth-order valence-corrected chi connectivity index (χ4v) is 4.56. The van der Waals surface area contributed by atoms with Gasteiger partial charge in [0.05, 0.1) is 31.0 Å². The Morgan fingerprint density at radius 1 is 0.967 bits per heavy atom.